The molecule has 1 aromatic carbocycles. The van der Waals surface area contributed by atoms with Crippen LogP contribution in [-0.2, 0) is 11.2 Å². The molecule has 0 saturated carbocycles. The normalized spacial score (nSPS) is 10.1. The summed E-state index contributed by atoms with van der Waals surface area (Å²) < 4.78 is 30.2. The van der Waals surface area contributed by atoms with Crippen LogP contribution in [-0.4, -0.2) is 13.1 Å². The molecule has 1 aromatic rings. The fourth-order valence-electron chi connectivity index (χ4n) is 1.64. The largest absolute Gasteiger partial charge is 0.465 e. The molecule has 0 fully saturated rings. The first kappa shape index (κ1) is 13.1. The highest BCUT2D eigenvalue weighted by atomic mass is 19.3. The van der Waals surface area contributed by atoms with Gasteiger partial charge in [0.1, 0.15) is 0 Å². The molecule has 17 heavy (non-hydrogen) atoms. The van der Waals surface area contributed by atoms with Crippen LogP contribution >= 0.6 is 0 Å². The molecule has 0 aromatic heterocycles. The topological polar surface area (TPSA) is 50.1 Å². The second-order valence-corrected chi connectivity index (χ2v) is 3.35. The van der Waals surface area contributed by atoms with Crippen molar-refractivity contribution < 1.29 is 18.3 Å². The monoisotopic (exact) mass is 239 g/mol. The van der Waals surface area contributed by atoms with Gasteiger partial charge in [0.2, 0.25) is 0 Å². The van der Waals surface area contributed by atoms with Crippen molar-refractivity contribution >= 4 is 5.97 Å². The molecular formula is C12H11F2NO2. The summed E-state index contributed by atoms with van der Waals surface area (Å²) in [6, 6.07) is 4.13. The molecule has 0 amide bonds. The number of alkyl halides is 2. The van der Waals surface area contributed by atoms with E-state index in [4.69, 9.17) is 5.26 Å². The van der Waals surface area contributed by atoms with Gasteiger partial charge in [0.15, 0.2) is 0 Å². The number of benzene rings is 1. The molecule has 90 valence electrons. The van der Waals surface area contributed by atoms with E-state index in [0.29, 0.717) is 0 Å². The third-order valence-corrected chi connectivity index (χ3v) is 2.41. The Kier molecular flexibility index (Phi) is 4.16. The predicted octanol–water partition coefficient (Wildman–Crippen LogP) is 2.84. The molecule has 0 saturated heterocycles. The van der Waals surface area contributed by atoms with Crippen LogP contribution in [0.1, 0.15) is 40.4 Å². The van der Waals surface area contributed by atoms with Gasteiger partial charge in [-0.25, -0.2) is 13.6 Å². The number of halogens is 2. The summed E-state index contributed by atoms with van der Waals surface area (Å²) in [5.41, 5.74) is 0.0000463. The summed E-state index contributed by atoms with van der Waals surface area (Å²) in [5.74, 6) is -0.708. The smallest absolute Gasteiger partial charge is 0.338 e. The van der Waals surface area contributed by atoms with Gasteiger partial charge in [-0.05, 0) is 24.1 Å². The van der Waals surface area contributed by atoms with Crippen molar-refractivity contribution in [1.82, 2.24) is 0 Å². The van der Waals surface area contributed by atoms with Gasteiger partial charge >= 0.3 is 5.97 Å². The Morgan fingerprint density at radius 2 is 2.18 bits per heavy atom. The van der Waals surface area contributed by atoms with E-state index in [1.165, 1.54) is 13.2 Å². The van der Waals surface area contributed by atoms with Crippen LogP contribution < -0.4 is 0 Å². The standard InChI is InChI=1S/C12H11F2NO2/c1-3-8-9(11(13)14)4-7(6-15)5-10(8)12(16)17-2/h4-5,11H,3H2,1-2H3. The number of methoxy groups -OCH3 is 1. The number of rotatable bonds is 3. The first-order chi connectivity index (χ1) is 8.04. The molecule has 0 spiro atoms. The van der Waals surface area contributed by atoms with Crippen LogP contribution in [0.15, 0.2) is 12.1 Å². The van der Waals surface area contributed by atoms with E-state index in [1.54, 1.807) is 13.0 Å². The number of hydrogen-bond donors (Lipinski definition) is 0. The Balaban J connectivity index is 3.51. The first-order valence-corrected chi connectivity index (χ1v) is 4.98. The molecule has 3 nitrogen and oxygen atoms in total. The fourth-order valence-corrected chi connectivity index (χ4v) is 1.64. The molecule has 0 bridgehead atoms. The Hall–Kier alpha value is -1.96. The molecule has 0 aliphatic rings. The predicted molar refractivity (Wildman–Crippen MR) is 56.8 cm³/mol. The number of carbonyl (C=O) groups excluding carboxylic acids is 1. The second-order valence-electron chi connectivity index (χ2n) is 3.35. The summed E-state index contributed by atoms with van der Waals surface area (Å²) in [7, 11) is 1.17. The minimum Gasteiger partial charge on any atom is -0.465 e. The Morgan fingerprint density at radius 1 is 1.53 bits per heavy atom. The molecule has 1 rings (SSSR count). The average Bonchev–Trinajstić information content (AvgIpc) is 2.35. The van der Waals surface area contributed by atoms with E-state index in [9.17, 15) is 13.6 Å². The number of ether oxygens (including phenoxy) is 1. The highest BCUT2D eigenvalue weighted by Gasteiger charge is 2.20. The number of nitrogens with zero attached hydrogens (tertiary/aromatic N) is 1. The lowest BCUT2D eigenvalue weighted by Gasteiger charge is -2.12. The van der Waals surface area contributed by atoms with E-state index in [2.05, 4.69) is 4.74 Å². The van der Waals surface area contributed by atoms with E-state index >= 15 is 0 Å². The van der Waals surface area contributed by atoms with Gasteiger partial charge in [-0.3, -0.25) is 0 Å². The molecule has 0 unspecified atom stereocenters. The van der Waals surface area contributed by atoms with Crippen molar-refractivity contribution in [3.8, 4) is 6.07 Å². The zero-order valence-corrected chi connectivity index (χ0v) is 9.46. The van der Waals surface area contributed by atoms with Crippen LogP contribution in [0.25, 0.3) is 0 Å². The molecule has 0 aliphatic heterocycles. The van der Waals surface area contributed by atoms with E-state index in [1.807, 2.05) is 0 Å². The van der Waals surface area contributed by atoms with Gasteiger partial charge in [0.05, 0.1) is 24.3 Å². The number of carbonyl (C=O) groups is 1. The summed E-state index contributed by atoms with van der Waals surface area (Å²) in [4.78, 5) is 11.5. The SMILES string of the molecule is CCc1c(C(=O)OC)cc(C#N)cc1C(F)F. The molecule has 0 heterocycles. The van der Waals surface area contributed by atoms with Crippen molar-refractivity contribution in [2.24, 2.45) is 0 Å². The van der Waals surface area contributed by atoms with E-state index < -0.39 is 12.4 Å². The minimum atomic E-state index is -2.72. The summed E-state index contributed by atoms with van der Waals surface area (Å²) in [5, 5.41) is 8.74. The Labute approximate surface area is 97.6 Å². The highest BCUT2D eigenvalue weighted by Crippen LogP contribution is 2.28. The van der Waals surface area contributed by atoms with Gasteiger partial charge in [-0.2, -0.15) is 5.26 Å². The molecule has 5 heteroatoms. The number of hydrogen-bond acceptors (Lipinski definition) is 3. The van der Waals surface area contributed by atoms with Crippen molar-refractivity contribution in [3.63, 3.8) is 0 Å². The molecule has 0 atom stereocenters. The lowest BCUT2D eigenvalue weighted by Crippen LogP contribution is -2.09. The van der Waals surface area contributed by atoms with Crippen LogP contribution in [0, 0.1) is 11.3 Å². The van der Waals surface area contributed by atoms with Gasteiger partial charge in [-0.15, -0.1) is 0 Å². The lowest BCUT2D eigenvalue weighted by molar-refractivity contribution is 0.0599. The summed E-state index contributed by atoms with van der Waals surface area (Å²) >= 11 is 0. The fraction of sp³-hybridized carbons (Fsp3) is 0.333. The third-order valence-electron chi connectivity index (χ3n) is 2.41. The Morgan fingerprint density at radius 3 is 2.59 bits per heavy atom. The van der Waals surface area contributed by atoms with Crippen LogP contribution in [0.4, 0.5) is 8.78 Å². The van der Waals surface area contributed by atoms with Crippen molar-refractivity contribution in [1.29, 1.82) is 5.26 Å². The van der Waals surface area contributed by atoms with Crippen molar-refractivity contribution in [2.45, 2.75) is 19.8 Å². The van der Waals surface area contributed by atoms with Crippen molar-refractivity contribution in [3.05, 3.63) is 34.4 Å². The van der Waals surface area contributed by atoms with Crippen molar-refractivity contribution in [2.75, 3.05) is 7.11 Å². The number of nitriles is 1. The first-order valence-electron chi connectivity index (χ1n) is 4.98. The molecule has 0 N–H and O–H groups in total. The molecular weight excluding hydrogens is 228 g/mol. The van der Waals surface area contributed by atoms with Crippen LogP contribution in [0.3, 0.4) is 0 Å². The lowest BCUT2D eigenvalue weighted by atomic mass is 9.96. The van der Waals surface area contributed by atoms with Crippen LogP contribution in [0.2, 0.25) is 0 Å². The van der Waals surface area contributed by atoms with Gasteiger partial charge in [0, 0.05) is 5.56 Å². The summed E-state index contributed by atoms with van der Waals surface area (Å²) in [6.07, 6.45) is -2.45. The van der Waals surface area contributed by atoms with Crippen LogP contribution in [0.5, 0.6) is 0 Å². The third kappa shape index (κ3) is 2.59. The highest BCUT2D eigenvalue weighted by molar-refractivity contribution is 5.92. The van der Waals surface area contributed by atoms with Gasteiger partial charge < -0.3 is 4.74 Å². The van der Waals surface area contributed by atoms with E-state index in [-0.39, 0.29) is 28.7 Å². The minimum absolute atomic E-state index is 0.0258. The molecule has 0 radical (unpaired) electrons. The maximum Gasteiger partial charge on any atom is 0.338 e. The maximum atomic E-state index is 12.8. The Bertz CT molecular complexity index is 478. The number of esters is 1. The quantitative estimate of drug-likeness (QED) is 0.762. The maximum absolute atomic E-state index is 12.8. The molecule has 0 aliphatic carbocycles. The zero-order chi connectivity index (χ0) is 13.0. The average molecular weight is 239 g/mol. The zero-order valence-electron chi connectivity index (χ0n) is 9.46. The summed E-state index contributed by atoms with van der Waals surface area (Å²) in [6.45, 7) is 1.67. The second kappa shape index (κ2) is 5.39. The van der Waals surface area contributed by atoms with Gasteiger partial charge in [-0.1, -0.05) is 6.92 Å². The van der Waals surface area contributed by atoms with Gasteiger partial charge in [0.25, 0.3) is 6.43 Å². The van der Waals surface area contributed by atoms with E-state index in [0.717, 1.165) is 6.07 Å².